The van der Waals surface area contributed by atoms with Crippen molar-refractivity contribution in [3.63, 3.8) is 0 Å². The maximum Gasteiger partial charge on any atom is 0.312 e. The average molecular weight is 277 g/mol. The Morgan fingerprint density at radius 3 is 2.24 bits per heavy atom. The molecule has 0 heterocycles. The number of aliphatic hydroxyl groups is 1. The summed E-state index contributed by atoms with van der Waals surface area (Å²) in [6.45, 7) is 4.29. The van der Waals surface area contributed by atoms with E-state index >= 15 is 0 Å². The van der Waals surface area contributed by atoms with E-state index < -0.39 is 17.0 Å². The summed E-state index contributed by atoms with van der Waals surface area (Å²) >= 11 is 11.8. The van der Waals surface area contributed by atoms with Crippen LogP contribution in [0.15, 0.2) is 18.2 Å². The molecule has 1 unspecified atom stereocenters. The van der Waals surface area contributed by atoms with Crippen molar-refractivity contribution >= 4 is 29.2 Å². The number of carbonyl (C=O) groups is 1. The fraction of sp³-hybridized carbons (Fsp3) is 0.417. The molecule has 5 heteroatoms. The third-order valence-electron chi connectivity index (χ3n) is 3.20. The van der Waals surface area contributed by atoms with E-state index in [-0.39, 0.29) is 5.02 Å². The zero-order valence-corrected chi connectivity index (χ0v) is 11.3. The fourth-order valence-corrected chi connectivity index (χ4v) is 1.89. The molecule has 1 atom stereocenters. The molecule has 17 heavy (non-hydrogen) atoms. The van der Waals surface area contributed by atoms with Crippen LogP contribution in [-0.4, -0.2) is 16.2 Å². The maximum absolute atomic E-state index is 11.2. The van der Waals surface area contributed by atoms with Crippen molar-refractivity contribution < 1.29 is 15.0 Å². The second kappa shape index (κ2) is 4.48. The Bertz CT molecular complexity index is 453. The van der Waals surface area contributed by atoms with Gasteiger partial charge in [-0.05, 0) is 39.0 Å². The lowest BCUT2D eigenvalue weighted by Crippen LogP contribution is -2.45. The first-order valence-electron chi connectivity index (χ1n) is 5.02. The Kier molecular flexibility index (Phi) is 3.77. The number of carboxylic acids is 1. The van der Waals surface area contributed by atoms with Gasteiger partial charge in [0.05, 0.1) is 5.41 Å². The molecule has 0 aromatic heterocycles. The predicted molar refractivity (Wildman–Crippen MR) is 67.4 cm³/mol. The summed E-state index contributed by atoms with van der Waals surface area (Å²) in [5, 5.41) is 20.3. The standard InChI is InChI=1S/C12H14Cl2O3/c1-11(2,10(15)16)12(3,17)8-6-7(13)4-5-9(8)14/h4-6,17H,1-3H3,(H,15,16). The Balaban J connectivity index is 3.40. The lowest BCUT2D eigenvalue weighted by molar-refractivity contribution is -0.164. The molecule has 1 rings (SSSR count). The Morgan fingerprint density at radius 1 is 1.24 bits per heavy atom. The lowest BCUT2D eigenvalue weighted by atomic mass is 9.72. The minimum Gasteiger partial charge on any atom is -0.481 e. The van der Waals surface area contributed by atoms with Crippen LogP contribution in [0.2, 0.25) is 10.0 Å². The molecule has 0 fully saturated rings. The first-order chi connectivity index (χ1) is 7.60. The minimum atomic E-state index is -1.62. The predicted octanol–water partition coefficient (Wildman–Crippen LogP) is 3.31. The highest BCUT2D eigenvalue weighted by Crippen LogP contribution is 2.43. The monoisotopic (exact) mass is 276 g/mol. The minimum absolute atomic E-state index is 0.286. The molecule has 3 nitrogen and oxygen atoms in total. The summed E-state index contributed by atoms with van der Waals surface area (Å²) in [6.07, 6.45) is 0. The van der Waals surface area contributed by atoms with E-state index in [1.807, 2.05) is 0 Å². The van der Waals surface area contributed by atoms with Crippen LogP contribution in [0.3, 0.4) is 0 Å². The quantitative estimate of drug-likeness (QED) is 0.891. The SMILES string of the molecule is CC(C)(C(=O)O)C(C)(O)c1cc(Cl)ccc1Cl. The molecule has 94 valence electrons. The normalized spacial score (nSPS) is 15.4. The first kappa shape index (κ1) is 14.3. The average Bonchev–Trinajstić information content (AvgIpc) is 2.21. The van der Waals surface area contributed by atoms with Gasteiger partial charge in [-0.1, -0.05) is 23.2 Å². The molecule has 0 aliphatic carbocycles. The molecule has 0 amide bonds. The molecule has 1 aromatic rings. The molecule has 0 saturated heterocycles. The van der Waals surface area contributed by atoms with Crippen LogP contribution in [0.4, 0.5) is 0 Å². The highest BCUT2D eigenvalue weighted by Gasteiger charge is 2.47. The summed E-state index contributed by atoms with van der Waals surface area (Å²) < 4.78 is 0. The molecule has 0 radical (unpaired) electrons. The number of aliphatic carboxylic acids is 1. The van der Waals surface area contributed by atoms with Gasteiger partial charge in [-0.25, -0.2) is 0 Å². The summed E-state index contributed by atoms with van der Waals surface area (Å²) in [6, 6.07) is 4.59. The number of benzene rings is 1. The van der Waals surface area contributed by atoms with Gasteiger partial charge >= 0.3 is 5.97 Å². The Labute approximate surface area is 110 Å². The van der Waals surface area contributed by atoms with Gasteiger partial charge in [0.15, 0.2) is 0 Å². The number of hydrogen-bond acceptors (Lipinski definition) is 2. The van der Waals surface area contributed by atoms with Crippen molar-refractivity contribution in [2.45, 2.75) is 26.4 Å². The fourth-order valence-electron chi connectivity index (χ4n) is 1.42. The first-order valence-corrected chi connectivity index (χ1v) is 5.77. The highest BCUT2D eigenvalue weighted by atomic mass is 35.5. The van der Waals surface area contributed by atoms with E-state index in [1.165, 1.54) is 32.9 Å². The highest BCUT2D eigenvalue weighted by molar-refractivity contribution is 6.33. The summed E-state index contributed by atoms with van der Waals surface area (Å²) in [5.74, 6) is -1.11. The van der Waals surface area contributed by atoms with E-state index in [0.717, 1.165) is 0 Å². The van der Waals surface area contributed by atoms with Gasteiger partial charge in [0.1, 0.15) is 5.60 Å². The van der Waals surface area contributed by atoms with Gasteiger partial charge in [-0.2, -0.15) is 0 Å². The van der Waals surface area contributed by atoms with Crippen molar-refractivity contribution in [1.82, 2.24) is 0 Å². The van der Waals surface area contributed by atoms with E-state index in [4.69, 9.17) is 28.3 Å². The summed E-state index contributed by atoms with van der Waals surface area (Å²) in [5.41, 5.74) is -2.71. The van der Waals surface area contributed by atoms with Crippen LogP contribution in [0.25, 0.3) is 0 Å². The van der Waals surface area contributed by atoms with Crippen LogP contribution in [0.1, 0.15) is 26.3 Å². The van der Waals surface area contributed by atoms with Crippen LogP contribution in [-0.2, 0) is 10.4 Å². The van der Waals surface area contributed by atoms with Crippen molar-refractivity contribution in [2.24, 2.45) is 5.41 Å². The van der Waals surface area contributed by atoms with Crippen LogP contribution in [0.5, 0.6) is 0 Å². The third-order valence-corrected chi connectivity index (χ3v) is 3.77. The lowest BCUT2D eigenvalue weighted by Gasteiger charge is -2.37. The Morgan fingerprint density at radius 2 is 1.76 bits per heavy atom. The number of carboxylic acid groups (broad SMARTS) is 1. The zero-order chi connectivity index (χ0) is 13.4. The van der Waals surface area contributed by atoms with Gasteiger partial charge < -0.3 is 10.2 Å². The zero-order valence-electron chi connectivity index (χ0n) is 9.79. The van der Waals surface area contributed by atoms with Gasteiger partial charge in [0, 0.05) is 15.6 Å². The molecule has 0 aliphatic rings. The smallest absolute Gasteiger partial charge is 0.312 e. The van der Waals surface area contributed by atoms with E-state index in [2.05, 4.69) is 0 Å². The number of rotatable bonds is 3. The van der Waals surface area contributed by atoms with Crippen LogP contribution < -0.4 is 0 Å². The molecular formula is C12H14Cl2O3. The maximum atomic E-state index is 11.2. The van der Waals surface area contributed by atoms with Gasteiger partial charge in [-0.3, -0.25) is 4.79 Å². The third kappa shape index (κ3) is 2.41. The second-order valence-electron chi connectivity index (χ2n) is 4.63. The molecule has 0 spiro atoms. The van der Waals surface area contributed by atoms with Crippen molar-refractivity contribution in [2.75, 3.05) is 0 Å². The summed E-state index contributed by atoms with van der Waals surface area (Å²) in [7, 11) is 0. The second-order valence-corrected chi connectivity index (χ2v) is 5.47. The van der Waals surface area contributed by atoms with Crippen LogP contribution >= 0.6 is 23.2 Å². The molecular weight excluding hydrogens is 263 g/mol. The summed E-state index contributed by atoms with van der Waals surface area (Å²) in [4.78, 5) is 11.2. The van der Waals surface area contributed by atoms with Gasteiger partial charge in [0.25, 0.3) is 0 Å². The molecule has 0 saturated carbocycles. The largest absolute Gasteiger partial charge is 0.481 e. The van der Waals surface area contributed by atoms with Crippen LogP contribution in [0, 0.1) is 5.41 Å². The van der Waals surface area contributed by atoms with Crippen molar-refractivity contribution in [1.29, 1.82) is 0 Å². The van der Waals surface area contributed by atoms with Gasteiger partial charge in [0.2, 0.25) is 0 Å². The Hall–Kier alpha value is -0.770. The number of halogens is 2. The number of hydrogen-bond donors (Lipinski definition) is 2. The van der Waals surface area contributed by atoms with E-state index in [1.54, 1.807) is 6.07 Å². The molecule has 1 aromatic carbocycles. The van der Waals surface area contributed by atoms with Gasteiger partial charge in [-0.15, -0.1) is 0 Å². The van der Waals surface area contributed by atoms with Crippen molar-refractivity contribution in [3.05, 3.63) is 33.8 Å². The topological polar surface area (TPSA) is 57.5 Å². The van der Waals surface area contributed by atoms with E-state index in [9.17, 15) is 9.90 Å². The molecule has 2 N–H and O–H groups in total. The van der Waals surface area contributed by atoms with Crippen molar-refractivity contribution in [3.8, 4) is 0 Å². The van der Waals surface area contributed by atoms with E-state index in [0.29, 0.717) is 10.6 Å². The molecule has 0 bridgehead atoms. The molecule has 0 aliphatic heterocycles.